The number of amides is 1. The summed E-state index contributed by atoms with van der Waals surface area (Å²) in [5, 5.41) is 3.05. The van der Waals surface area contributed by atoms with Crippen LogP contribution in [0.1, 0.15) is 57.4 Å². The van der Waals surface area contributed by atoms with Gasteiger partial charge in [-0.2, -0.15) is 0 Å². The van der Waals surface area contributed by atoms with Crippen LogP contribution in [0.25, 0.3) is 0 Å². The van der Waals surface area contributed by atoms with Crippen molar-refractivity contribution in [3.05, 3.63) is 29.8 Å². The Morgan fingerprint density at radius 3 is 2.52 bits per heavy atom. The van der Waals surface area contributed by atoms with E-state index in [1.54, 1.807) is 0 Å². The molecule has 1 aliphatic rings. The van der Waals surface area contributed by atoms with E-state index in [-0.39, 0.29) is 17.9 Å². The lowest BCUT2D eigenvalue weighted by Gasteiger charge is -2.20. The predicted molar refractivity (Wildman–Crippen MR) is 88.2 cm³/mol. The van der Waals surface area contributed by atoms with E-state index < -0.39 is 0 Å². The maximum absolute atomic E-state index is 12.2. The smallest absolute Gasteiger partial charge is 0.227 e. The Labute approximate surface area is 128 Å². The molecule has 0 spiro atoms. The van der Waals surface area contributed by atoms with Crippen LogP contribution in [0.4, 0.5) is 5.69 Å². The number of carbonyl (C=O) groups is 1. The molecule has 3 heteroatoms. The predicted octanol–water partition coefficient (Wildman–Crippen LogP) is 3.88. The summed E-state index contributed by atoms with van der Waals surface area (Å²) in [6.07, 6.45) is 8.81. The fourth-order valence-corrected chi connectivity index (χ4v) is 3.11. The molecule has 1 aromatic carbocycles. The van der Waals surface area contributed by atoms with Crippen molar-refractivity contribution in [1.29, 1.82) is 0 Å². The summed E-state index contributed by atoms with van der Waals surface area (Å²) < 4.78 is 0. The molecule has 116 valence electrons. The van der Waals surface area contributed by atoms with Crippen molar-refractivity contribution in [3.63, 3.8) is 0 Å². The van der Waals surface area contributed by atoms with Crippen LogP contribution >= 0.6 is 0 Å². The van der Waals surface area contributed by atoms with Crippen molar-refractivity contribution < 1.29 is 4.79 Å². The van der Waals surface area contributed by atoms with Gasteiger partial charge in [-0.1, -0.05) is 44.7 Å². The molecule has 1 atom stereocenters. The van der Waals surface area contributed by atoms with Crippen molar-refractivity contribution in [1.82, 2.24) is 0 Å². The van der Waals surface area contributed by atoms with Gasteiger partial charge in [0, 0.05) is 17.6 Å². The Hall–Kier alpha value is -1.35. The Morgan fingerprint density at radius 2 is 1.90 bits per heavy atom. The van der Waals surface area contributed by atoms with Gasteiger partial charge in [0.05, 0.1) is 0 Å². The van der Waals surface area contributed by atoms with Gasteiger partial charge in [-0.25, -0.2) is 0 Å². The lowest BCUT2D eigenvalue weighted by molar-refractivity contribution is -0.120. The van der Waals surface area contributed by atoms with Gasteiger partial charge in [0.2, 0.25) is 5.91 Å². The van der Waals surface area contributed by atoms with E-state index >= 15 is 0 Å². The number of anilines is 1. The third kappa shape index (κ3) is 5.16. The highest BCUT2D eigenvalue weighted by Gasteiger charge is 2.20. The van der Waals surface area contributed by atoms with E-state index in [4.69, 9.17) is 5.73 Å². The molecular formula is C18H28N2O. The first-order chi connectivity index (χ1) is 10.2. The van der Waals surface area contributed by atoms with Gasteiger partial charge in [-0.05, 0) is 43.4 Å². The van der Waals surface area contributed by atoms with Crippen LogP contribution in [0.15, 0.2) is 24.3 Å². The number of carbonyl (C=O) groups excluding carboxylic acids is 1. The SMILES string of the molecule is CCCC(N)Cc1ccc(NC(=O)C2CCCCC2)cc1. The molecular weight excluding hydrogens is 260 g/mol. The molecule has 0 bridgehead atoms. The molecule has 1 saturated carbocycles. The largest absolute Gasteiger partial charge is 0.327 e. The number of nitrogens with two attached hydrogens (primary N) is 1. The highest BCUT2D eigenvalue weighted by atomic mass is 16.1. The van der Waals surface area contributed by atoms with Crippen LogP contribution in [0.5, 0.6) is 0 Å². The van der Waals surface area contributed by atoms with E-state index in [2.05, 4.69) is 24.4 Å². The number of rotatable bonds is 6. The standard InChI is InChI=1S/C18H28N2O/c1-2-6-16(19)13-14-9-11-17(12-10-14)20-18(21)15-7-4-3-5-8-15/h9-12,15-16H,2-8,13,19H2,1H3,(H,20,21). The van der Waals surface area contributed by atoms with Gasteiger partial charge in [0.1, 0.15) is 0 Å². The average Bonchev–Trinajstić information content (AvgIpc) is 2.50. The van der Waals surface area contributed by atoms with Gasteiger partial charge in [-0.3, -0.25) is 4.79 Å². The third-order valence-corrected chi connectivity index (χ3v) is 4.35. The van der Waals surface area contributed by atoms with Crippen LogP contribution in [0.2, 0.25) is 0 Å². The van der Waals surface area contributed by atoms with E-state index in [1.165, 1.54) is 24.8 Å². The zero-order valence-corrected chi connectivity index (χ0v) is 13.1. The van der Waals surface area contributed by atoms with Crippen molar-refractivity contribution in [2.24, 2.45) is 11.7 Å². The fourth-order valence-electron chi connectivity index (χ4n) is 3.11. The molecule has 3 N–H and O–H groups in total. The van der Waals surface area contributed by atoms with Gasteiger partial charge in [-0.15, -0.1) is 0 Å². The first-order valence-corrected chi connectivity index (χ1v) is 8.34. The Bertz CT molecular complexity index is 435. The maximum atomic E-state index is 12.2. The molecule has 1 aliphatic carbocycles. The van der Waals surface area contributed by atoms with E-state index in [9.17, 15) is 4.79 Å². The summed E-state index contributed by atoms with van der Waals surface area (Å²) >= 11 is 0. The van der Waals surface area contributed by atoms with Gasteiger partial charge in [0.25, 0.3) is 0 Å². The van der Waals surface area contributed by atoms with Gasteiger partial charge in [0.15, 0.2) is 0 Å². The van der Waals surface area contributed by atoms with E-state index in [0.29, 0.717) is 0 Å². The molecule has 1 unspecified atom stereocenters. The summed E-state index contributed by atoms with van der Waals surface area (Å²) in [7, 11) is 0. The second kappa shape index (κ2) is 8.18. The summed E-state index contributed by atoms with van der Waals surface area (Å²) in [5.41, 5.74) is 8.21. The molecule has 1 aromatic rings. The first-order valence-electron chi connectivity index (χ1n) is 8.34. The van der Waals surface area contributed by atoms with E-state index in [1.807, 2.05) is 12.1 Å². The molecule has 1 amide bonds. The Balaban J connectivity index is 1.85. The fraction of sp³-hybridized carbons (Fsp3) is 0.611. The van der Waals surface area contributed by atoms with E-state index in [0.717, 1.165) is 37.8 Å². The minimum atomic E-state index is 0.185. The van der Waals surface area contributed by atoms with Crippen LogP contribution in [0.3, 0.4) is 0 Å². The highest BCUT2D eigenvalue weighted by Crippen LogP contribution is 2.25. The average molecular weight is 288 g/mol. The van der Waals surface area contributed by atoms with Crippen LogP contribution in [0, 0.1) is 5.92 Å². The summed E-state index contributed by atoms with van der Waals surface area (Å²) in [4.78, 5) is 12.2. The highest BCUT2D eigenvalue weighted by molar-refractivity contribution is 5.92. The summed E-state index contributed by atoms with van der Waals surface area (Å²) in [5.74, 6) is 0.390. The molecule has 0 aromatic heterocycles. The molecule has 3 nitrogen and oxygen atoms in total. The second-order valence-electron chi connectivity index (χ2n) is 6.27. The molecule has 0 radical (unpaired) electrons. The topological polar surface area (TPSA) is 55.1 Å². The van der Waals surface area contributed by atoms with Crippen LogP contribution in [-0.2, 0) is 11.2 Å². The lowest BCUT2D eigenvalue weighted by atomic mass is 9.88. The molecule has 1 fully saturated rings. The second-order valence-corrected chi connectivity index (χ2v) is 6.27. The zero-order valence-electron chi connectivity index (χ0n) is 13.1. The minimum absolute atomic E-state index is 0.185. The van der Waals surface area contributed by atoms with Crippen LogP contribution in [-0.4, -0.2) is 11.9 Å². The molecule has 0 heterocycles. The molecule has 2 rings (SSSR count). The van der Waals surface area contributed by atoms with Crippen molar-refractivity contribution in [3.8, 4) is 0 Å². The van der Waals surface area contributed by atoms with Crippen molar-refractivity contribution >= 4 is 11.6 Å². The quantitative estimate of drug-likeness (QED) is 0.834. The Morgan fingerprint density at radius 1 is 1.24 bits per heavy atom. The number of nitrogens with one attached hydrogen (secondary N) is 1. The van der Waals surface area contributed by atoms with Crippen LogP contribution < -0.4 is 11.1 Å². The number of hydrogen-bond acceptors (Lipinski definition) is 2. The van der Waals surface area contributed by atoms with Crippen molar-refractivity contribution in [2.45, 2.75) is 64.3 Å². The first kappa shape index (κ1) is 16.0. The van der Waals surface area contributed by atoms with Gasteiger partial charge < -0.3 is 11.1 Å². The van der Waals surface area contributed by atoms with Crippen molar-refractivity contribution in [2.75, 3.05) is 5.32 Å². The third-order valence-electron chi connectivity index (χ3n) is 4.35. The number of benzene rings is 1. The van der Waals surface area contributed by atoms with Gasteiger partial charge >= 0.3 is 0 Å². The summed E-state index contributed by atoms with van der Waals surface area (Å²) in [6.45, 7) is 2.16. The zero-order chi connectivity index (χ0) is 15.1. The Kier molecular flexibility index (Phi) is 6.24. The normalized spacial score (nSPS) is 17.4. The monoisotopic (exact) mass is 288 g/mol. The molecule has 21 heavy (non-hydrogen) atoms. The minimum Gasteiger partial charge on any atom is -0.327 e. The lowest BCUT2D eigenvalue weighted by Crippen LogP contribution is -2.24. The number of hydrogen-bond donors (Lipinski definition) is 2. The maximum Gasteiger partial charge on any atom is 0.227 e. The summed E-state index contributed by atoms with van der Waals surface area (Å²) in [6, 6.07) is 8.37. The molecule has 0 saturated heterocycles. The molecule has 0 aliphatic heterocycles.